The van der Waals surface area contributed by atoms with Crippen molar-refractivity contribution in [3.05, 3.63) is 63.1 Å². The maximum absolute atomic E-state index is 14.3. The molecule has 2 N–H and O–H groups in total. The van der Waals surface area contributed by atoms with Crippen molar-refractivity contribution in [3.63, 3.8) is 0 Å². The number of aromatic nitrogens is 1. The molecule has 2 amide bonds. The number of carbonyl (C=O) groups excluding carboxylic acids is 2. The van der Waals surface area contributed by atoms with Gasteiger partial charge in [0.15, 0.2) is 11.4 Å². The Labute approximate surface area is 189 Å². The molecule has 2 atom stereocenters. The number of pyridine rings is 1. The number of rotatable bonds is 5. The molecule has 2 aromatic rings. The third kappa shape index (κ3) is 3.83. The van der Waals surface area contributed by atoms with E-state index < -0.39 is 40.7 Å². The highest BCUT2D eigenvalue weighted by molar-refractivity contribution is 5.99. The number of halogens is 2. The second-order valence-electron chi connectivity index (χ2n) is 8.24. The number of hydrogen-bond donors (Lipinski definition) is 2. The molecular formula is C23H26F2N4O4. The van der Waals surface area contributed by atoms with Gasteiger partial charge in [-0.05, 0) is 38.7 Å². The van der Waals surface area contributed by atoms with Crippen LogP contribution in [0.2, 0.25) is 0 Å². The van der Waals surface area contributed by atoms with Gasteiger partial charge in [-0.25, -0.2) is 8.78 Å². The highest BCUT2D eigenvalue weighted by Gasteiger charge is 2.41. The van der Waals surface area contributed by atoms with E-state index in [1.807, 2.05) is 11.9 Å². The molecule has 1 saturated heterocycles. The van der Waals surface area contributed by atoms with Gasteiger partial charge in [0.2, 0.25) is 5.43 Å². The van der Waals surface area contributed by atoms with E-state index in [9.17, 15) is 28.3 Å². The molecule has 2 aliphatic heterocycles. The van der Waals surface area contributed by atoms with Crippen LogP contribution in [0.4, 0.5) is 8.78 Å². The number of nitrogens with one attached hydrogen (secondary N) is 1. The van der Waals surface area contributed by atoms with Crippen LogP contribution in [0.1, 0.15) is 72.0 Å². The number of piperidine rings is 1. The molecule has 33 heavy (non-hydrogen) atoms. The standard InChI is InChI=1S/C23H26F2N4O4/c1-3-17(14-9-8-13(24)11-16(14)25)26-22(32)15-12-29-19(21(31)20(15)30)23(33)27(4-2)18-7-5-6-10-28(18)29/h8-9,11-12,17-18,31H,3-7,10H2,1-2H3,(H,26,32)/t17-,18+/m1/s1. The molecule has 0 saturated carbocycles. The molecule has 1 fully saturated rings. The molecule has 0 unspecified atom stereocenters. The molecule has 0 bridgehead atoms. The summed E-state index contributed by atoms with van der Waals surface area (Å²) in [7, 11) is 0. The number of fused-ring (bicyclic) bond motifs is 3. The van der Waals surface area contributed by atoms with Gasteiger partial charge < -0.3 is 15.3 Å². The quantitative estimate of drug-likeness (QED) is 0.716. The van der Waals surface area contributed by atoms with Crippen molar-refractivity contribution < 1.29 is 23.5 Å². The van der Waals surface area contributed by atoms with Crippen LogP contribution in [0.25, 0.3) is 0 Å². The second-order valence-corrected chi connectivity index (χ2v) is 8.24. The van der Waals surface area contributed by atoms with Crippen LogP contribution in [0.15, 0.2) is 29.2 Å². The molecule has 4 rings (SSSR count). The van der Waals surface area contributed by atoms with Gasteiger partial charge in [-0.15, -0.1) is 0 Å². The van der Waals surface area contributed by atoms with Crippen LogP contribution in [0.3, 0.4) is 0 Å². The first kappa shape index (κ1) is 22.8. The molecule has 0 radical (unpaired) electrons. The average molecular weight is 460 g/mol. The number of hydrogen-bond acceptors (Lipinski definition) is 5. The van der Waals surface area contributed by atoms with Gasteiger partial charge in [-0.2, -0.15) is 0 Å². The lowest BCUT2D eigenvalue weighted by Crippen LogP contribution is -2.63. The van der Waals surface area contributed by atoms with Gasteiger partial charge in [-0.1, -0.05) is 13.0 Å². The smallest absolute Gasteiger partial charge is 0.278 e. The van der Waals surface area contributed by atoms with Crippen molar-refractivity contribution in [1.82, 2.24) is 14.9 Å². The second kappa shape index (κ2) is 8.84. The SMILES string of the molecule is CC[C@@H](NC(=O)c1cn2c(c(O)c1=O)C(=O)N(CC)[C@@H]1CCCCN12)c1ccc(F)cc1F. The zero-order valence-electron chi connectivity index (χ0n) is 18.5. The van der Waals surface area contributed by atoms with Gasteiger partial charge in [0.1, 0.15) is 23.4 Å². The Hall–Kier alpha value is -3.43. The average Bonchev–Trinajstić information content (AvgIpc) is 2.80. The lowest BCUT2D eigenvalue weighted by atomic mass is 10.0. The lowest BCUT2D eigenvalue weighted by Gasteiger charge is -2.48. The van der Waals surface area contributed by atoms with Crippen molar-refractivity contribution in [3.8, 4) is 5.75 Å². The van der Waals surface area contributed by atoms with Crippen molar-refractivity contribution in [2.45, 2.75) is 51.7 Å². The number of aromatic hydroxyl groups is 1. The highest BCUT2D eigenvalue weighted by atomic mass is 19.1. The van der Waals surface area contributed by atoms with E-state index in [0.29, 0.717) is 13.1 Å². The van der Waals surface area contributed by atoms with Crippen LogP contribution in [-0.2, 0) is 0 Å². The predicted octanol–water partition coefficient (Wildman–Crippen LogP) is 2.64. The highest BCUT2D eigenvalue weighted by Crippen LogP contribution is 2.29. The predicted molar refractivity (Wildman–Crippen MR) is 117 cm³/mol. The van der Waals surface area contributed by atoms with Crippen LogP contribution in [0, 0.1) is 11.6 Å². The van der Waals surface area contributed by atoms with Gasteiger partial charge in [-0.3, -0.25) is 24.1 Å². The minimum absolute atomic E-state index is 0.0828. The summed E-state index contributed by atoms with van der Waals surface area (Å²) in [5.74, 6) is -3.64. The summed E-state index contributed by atoms with van der Waals surface area (Å²) in [6.45, 7) is 4.54. The molecule has 0 spiro atoms. The molecule has 1 aromatic carbocycles. The minimum atomic E-state index is -0.979. The van der Waals surface area contributed by atoms with Crippen molar-refractivity contribution in [1.29, 1.82) is 0 Å². The molecule has 8 nitrogen and oxygen atoms in total. The first-order chi connectivity index (χ1) is 15.8. The van der Waals surface area contributed by atoms with E-state index in [-0.39, 0.29) is 29.4 Å². The minimum Gasteiger partial charge on any atom is -0.502 e. The first-order valence-corrected chi connectivity index (χ1v) is 11.1. The maximum Gasteiger partial charge on any atom is 0.278 e. The summed E-state index contributed by atoms with van der Waals surface area (Å²) < 4.78 is 29.0. The Morgan fingerprint density at radius 2 is 2.00 bits per heavy atom. The third-order valence-corrected chi connectivity index (χ3v) is 6.34. The summed E-state index contributed by atoms with van der Waals surface area (Å²) in [6, 6.07) is 2.24. The molecule has 176 valence electrons. The topological polar surface area (TPSA) is 94.9 Å². The fourth-order valence-electron chi connectivity index (χ4n) is 4.67. The maximum atomic E-state index is 14.3. The van der Waals surface area contributed by atoms with Crippen molar-refractivity contribution in [2.24, 2.45) is 0 Å². The van der Waals surface area contributed by atoms with Gasteiger partial charge in [0.25, 0.3) is 11.8 Å². The summed E-state index contributed by atoms with van der Waals surface area (Å²) in [4.78, 5) is 40.6. The normalized spacial score (nSPS) is 18.5. The molecule has 0 aliphatic carbocycles. The first-order valence-electron chi connectivity index (χ1n) is 11.1. The zero-order chi connectivity index (χ0) is 23.9. The summed E-state index contributed by atoms with van der Waals surface area (Å²) >= 11 is 0. The van der Waals surface area contributed by atoms with Crippen LogP contribution in [-0.4, -0.2) is 45.8 Å². The van der Waals surface area contributed by atoms with Crippen LogP contribution < -0.4 is 15.8 Å². The lowest BCUT2D eigenvalue weighted by molar-refractivity contribution is 0.0534. The molecule has 1 aromatic heterocycles. The van der Waals surface area contributed by atoms with Crippen LogP contribution >= 0.6 is 0 Å². The fraction of sp³-hybridized carbons (Fsp3) is 0.435. The molecular weight excluding hydrogens is 434 g/mol. The fourth-order valence-corrected chi connectivity index (χ4v) is 4.67. The Morgan fingerprint density at radius 1 is 1.24 bits per heavy atom. The monoisotopic (exact) mass is 460 g/mol. The van der Waals surface area contributed by atoms with E-state index >= 15 is 0 Å². The van der Waals surface area contributed by atoms with E-state index in [1.165, 1.54) is 16.9 Å². The molecule has 3 heterocycles. The van der Waals surface area contributed by atoms with Crippen molar-refractivity contribution in [2.75, 3.05) is 18.1 Å². The van der Waals surface area contributed by atoms with E-state index in [1.54, 1.807) is 11.8 Å². The van der Waals surface area contributed by atoms with Gasteiger partial charge >= 0.3 is 0 Å². The van der Waals surface area contributed by atoms with Gasteiger partial charge in [0.05, 0.1) is 6.04 Å². The Bertz CT molecular complexity index is 1170. The molecule has 10 heteroatoms. The van der Waals surface area contributed by atoms with Crippen LogP contribution in [0.5, 0.6) is 5.75 Å². The summed E-state index contributed by atoms with van der Waals surface area (Å²) in [5.41, 5.74) is -1.43. The summed E-state index contributed by atoms with van der Waals surface area (Å²) in [6.07, 6.45) is 3.83. The number of amides is 2. The summed E-state index contributed by atoms with van der Waals surface area (Å²) in [5, 5.41) is 15.1. The largest absolute Gasteiger partial charge is 0.502 e. The van der Waals surface area contributed by atoms with Gasteiger partial charge in [0, 0.05) is 30.9 Å². The number of benzene rings is 1. The number of nitrogens with zero attached hydrogens (tertiary/aromatic N) is 3. The molecule has 2 aliphatic rings. The Morgan fingerprint density at radius 3 is 2.67 bits per heavy atom. The zero-order valence-corrected chi connectivity index (χ0v) is 18.5. The third-order valence-electron chi connectivity index (χ3n) is 6.34. The van der Waals surface area contributed by atoms with E-state index in [2.05, 4.69) is 5.32 Å². The Kier molecular flexibility index (Phi) is 6.09. The number of carbonyl (C=O) groups is 2. The van der Waals surface area contributed by atoms with E-state index in [4.69, 9.17) is 0 Å². The van der Waals surface area contributed by atoms with Crippen molar-refractivity contribution >= 4 is 11.8 Å². The Balaban J connectivity index is 1.73. The van der Waals surface area contributed by atoms with E-state index in [0.717, 1.165) is 31.4 Å².